The zero-order chi connectivity index (χ0) is 16.6. The van der Waals surface area contributed by atoms with Gasteiger partial charge < -0.3 is 10.6 Å². The largest absolute Gasteiger partial charge is 0.366 e. The summed E-state index contributed by atoms with van der Waals surface area (Å²) in [6.45, 7) is 2.49. The van der Waals surface area contributed by atoms with E-state index in [2.05, 4.69) is 18.2 Å². The summed E-state index contributed by atoms with van der Waals surface area (Å²) in [5, 5.41) is 0. The molecule has 1 atom stereocenters. The molecule has 1 aromatic carbocycles. The van der Waals surface area contributed by atoms with Gasteiger partial charge in [0.05, 0.1) is 18.3 Å². The van der Waals surface area contributed by atoms with Crippen LogP contribution in [0.25, 0.3) is 0 Å². The summed E-state index contributed by atoms with van der Waals surface area (Å²) in [4.78, 5) is 27.7. The number of anilines is 1. The van der Waals surface area contributed by atoms with Crippen LogP contribution in [0.15, 0.2) is 42.0 Å². The molecule has 1 unspecified atom stereocenters. The summed E-state index contributed by atoms with van der Waals surface area (Å²) < 4.78 is 0. The monoisotopic (exact) mass is 311 g/mol. The standard InChI is InChI=1S/C18H21N3O2/c1-12-15-9-8-14(17(19)22)10-16(15)21(18(23)20(12)2)11-13-6-4-3-5-7-13/h4,6-10,12H,3,5,11H2,1-2H3,(H2,19,22). The Morgan fingerprint density at radius 3 is 2.78 bits per heavy atom. The third-order valence-corrected chi connectivity index (χ3v) is 4.58. The molecule has 0 radical (unpaired) electrons. The van der Waals surface area contributed by atoms with Crippen molar-refractivity contribution >= 4 is 17.6 Å². The highest BCUT2D eigenvalue weighted by Gasteiger charge is 2.33. The van der Waals surface area contributed by atoms with E-state index in [1.165, 1.54) is 0 Å². The lowest BCUT2D eigenvalue weighted by Gasteiger charge is -2.40. The van der Waals surface area contributed by atoms with Crippen molar-refractivity contribution < 1.29 is 9.59 Å². The molecule has 1 aliphatic carbocycles. The number of nitrogens with zero attached hydrogens (tertiary/aromatic N) is 2. The third-order valence-electron chi connectivity index (χ3n) is 4.58. The van der Waals surface area contributed by atoms with Crippen LogP contribution in [0.3, 0.4) is 0 Å². The summed E-state index contributed by atoms with van der Waals surface area (Å²) in [7, 11) is 1.80. The first-order chi connectivity index (χ1) is 11.0. The molecule has 1 aromatic rings. The number of hydrogen-bond donors (Lipinski definition) is 1. The third kappa shape index (κ3) is 2.74. The van der Waals surface area contributed by atoms with Gasteiger partial charge in [-0.1, -0.05) is 24.3 Å². The Bertz CT molecular complexity index is 721. The van der Waals surface area contributed by atoms with E-state index in [1.54, 1.807) is 29.0 Å². The van der Waals surface area contributed by atoms with Gasteiger partial charge in [0.2, 0.25) is 5.91 Å². The first-order valence-electron chi connectivity index (χ1n) is 7.82. The first-order valence-corrected chi connectivity index (χ1v) is 7.82. The second-order valence-electron chi connectivity index (χ2n) is 6.05. The minimum Gasteiger partial charge on any atom is -0.366 e. The number of urea groups is 1. The molecular weight excluding hydrogens is 290 g/mol. The number of hydrogen-bond acceptors (Lipinski definition) is 2. The number of primary amides is 1. The highest BCUT2D eigenvalue weighted by Crippen LogP contribution is 2.36. The normalized spacial score (nSPS) is 20.3. The molecule has 23 heavy (non-hydrogen) atoms. The Kier molecular flexibility index (Phi) is 3.94. The molecule has 3 amide bonds. The zero-order valence-electron chi connectivity index (χ0n) is 13.5. The Labute approximate surface area is 136 Å². The Morgan fingerprint density at radius 1 is 1.35 bits per heavy atom. The molecule has 0 saturated carbocycles. The van der Waals surface area contributed by atoms with Gasteiger partial charge in [0, 0.05) is 12.6 Å². The van der Waals surface area contributed by atoms with Gasteiger partial charge in [-0.05, 0) is 43.0 Å². The molecule has 1 heterocycles. The predicted octanol–water partition coefficient (Wildman–Crippen LogP) is 2.99. The average Bonchev–Trinajstić information content (AvgIpc) is 2.57. The number of fused-ring (bicyclic) bond motifs is 1. The molecule has 2 N–H and O–H groups in total. The summed E-state index contributed by atoms with van der Waals surface area (Å²) >= 11 is 0. The zero-order valence-corrected chi connectivity index (χ0v) is 13.5. The summed E-state index contributed by atoms with van der Waals surface area (Å²) in [5.41, 5.74) is 8.73. The van der Waals surface area contributed by atoms with Crippen molar-refractivity contribution in [3.8, 4) is 0 Å². The van der Waals surface area contributed by atoms with E-state index in [0.29, 0.717) is 12.1 Å². The quantitative estimate of drug-likeness (QED) is 0.932. The van der Waals surface area contributed by atoms with Crippen LogP contribution in [0, 0.1) is 0 Å². The van der Waals surface area contributed by atoms with Crippen LogP contribution >= 0.6 is 0 Å². The molecule has 3 rings (SSSR count). The van der Waals surface area contributed by atoms with Crippen LogP contribution in [-0.4, -0.2) is 30.4 Å². The number of carbonyl (C=O) groups excluding carboxylic acids is 2. The van der Waals surface area contributed by atoms with Crippen molar-refractivity contribution in [2.24, 2.45) is 5.73 Å². The van der Waals surface area contributed by atoms with Gasteiger partial charge >= 0.3 is 6.03 Å². The smallest absolute Gasteiger partial charge is 0.325 e. The first kappa shape index (κ1) is 15.3. The van der Waals surface area contributed by atoms with Crippen LogP contribution in [0.4, 0.5) is 10.5 Å². The second kappa shape index (κ2) is 5.91. The van der Waals surface area contributed by atoms with E-state index in [9.17, 15) is 9.59 Å². The maximum Gasteiger partial charge on any atom is 0.325 e. The predicted molar refractivity (Wildman–Crippen MR) is 90.3 cm³/mol. The van der Waals surface area contributed by atoms with Gasteiger partial charge in [-0.15, -0.1) is 0 Å². The van der Waals surface area contributed by atoms with Gasteiger partial charge in [-0.2, -0.15) is 0 Å². The van der Waals surface area contributed by atoms with Crippen LogP contribution < -0.4 is 10.6 Å². The number of benzene rings is 1. The van der Waals surface area contributed by atoms with E-state index in [-0.39, 0.29) is 12.1 Å². The van der Waals surface area contributed by atoms with Gasteiger partial charge in [0.15, 0.2) is 0 Å². The van der Waals surface area contributed by atoms with E-state index in [1.807, 2.05) is 13.0 Å². The molecule has 0 aromatic heterocycles. The molecule has 5 heteroatoms. The van der Waals surface area contributed by atoms with Crippen molar-refractivity contribution in [1.82, 2.24) is 4.90 Å². The number of nitrogens with two attached hydrogens (primary N) is 1. The van der Waals surface area contributed by atoms with Gasteiger partial charge in [-0.3, -0.25) is 9.69 Å². The number of carbonyl (C=O) groups is 2. The van der Waals surface area contributed by atoms with E-state index in [4.69, 9.17) is 5.73 Å². The molecule has 120 valence electrons. The van der Waals surface area contributed by atoms with E-state index >= 15 is 0 Å². The van der Waals surface area contributed by atoms with Crippen molar-refractivity contribution in [3.05, 3.63) is 53.1 Å². The number of rotatable bonds is 3. The topological polar surface area (TPSA) is 66.6 Å². The number of amides is 3. The maximum atomic E-state index is 12.7. The minimum absolute atomic E-state index is 0.0356. The fraction of sp³-hybridized carbons (Fsp3) is 0.333. The molecule has 0 bridgehead atoms. The fourth-order valence-electron chi connectivity index (χ4n) is 3.07. The highest BCUT2D eigenvalue weighted by molar-refractivity contribution is 5.99. The van der Waals surface area contributed by atoms with Gasteiger partial charge in [0.1, 0.15) is 0 Å². The molecule has 2 aliphatic rings. The SMILES string of the molecule is CC1c2ccc(C(N)=O)cc2N(CC2=CCCC=C2)C(=O)N1C. The Morgan fingerprint density at radius 2 is 2.13 bits per heavy atom. The van der Waals surface area contributed by atoms with Crippen LogP contribution in [0.2, 0.25) is 0 Å². The van der Waals surface area contributed by atoms with Crippen molar-refractivity contribution in [3.63, 3.8) is 0 Å². The molecule has 0 saturated heterocycles. The average molecular weight is 311 g/mol. The van der Waals surface area contributed by atoms with Gasteiger partial charge in [0.25, 0.3) is 0 Å². The van der Waals surface area contributed by atoms with Gasteiger partial charge in [-0.25, -0.2) is 4.79 Å². The highest BCUT2D eigenvalue weighted by atomic mass is 16.2. The molecule has 0 spiro atoms. The van der Waals surface area contributed by atoms with Crippen molar-refractivity contribution in [1.29, 1.82) is 0 Å². The van der Waals surface area contributed by atoms with Crippen molar-refractivity contribution in [2.75, 3.05) is 18.5 Å². The fourth-order valence-corrected chi connectivity index (χ4v) is 3.07. The lowest BCUT2D eigenvalue weighted by atomic mass is 9.98. The summed E-state index contributed by atoms with van der Waals surface area (Å²) in [6.07, 6.45) is 8.37. The number of allylic oxidation sites excluding steroid dienone is 2. The van der Waals surface area contributed by atoms with Crippen molar-refractivity contribution in [2.45, 2.75) is 25.8 Å². The molecule has 1 aliphatic heterocycles. The summed E-state index contributed by atoms with van der Waals surface area (Å²) in [6, 6.07) is 5.24. The van der Waals surface area contributed by atoms with Crippen LogP contribution in [-0.2, 0) is 0 Å². The molecular formula is C18H21N3O2. The summed E-state index contributed by atoms with van der Waals surface area (Å²) in [5.74, 6) is -0.483. The lowest BCUT2D eigenvalue weighted by molar-refractivity contribution is 0.1000. The Balaban J connectivity index is 2.04. The minimum atomic E-state index is -0.483. The maximum absolute atomic E-state index is 12.7. The Hall–Kier alpha value is -2.56. The molecule has 5 nitrogen and oxygen atoms in total. The lowest BCUT2D eigenvalue weighted by Crippen LogP contribution is -2.47. The van der Waals surface area contributed by atoms with E-state index in [0.717, 1.165) is 29.7 Å². The van der Waals surface area contributed by atoms with E-state index < -0.39 is 5.91 Å². The molecule has 0 fully saturated rings. The van der Waals surface area contributed by atoms with Crippen LogP contribution in [0.5, 0.6) is 0 Å². The second-order valence-corrected chi connectivity index (χ2v) is 6.05. The van der Waals surface area contributed by atoms with Crippen LogP contribution in [0.1, 0.15) is 41.7 Å².